The molecule has 4 aromatic rings. The summed E-state index contributed by atoms with van der Waals surface area (Å²) in [7, 11) is 1.48. The summed E-state index contributed by atoms with van der Waals surface area (Å²) < 4.78 is 16.6. The number of nitrogens with zero attached hydrogens (tertiary/aromatic N) is 6. The van der Waals surface area contributed by atoms with Crippen molar-refractivity contribution in [1.82, 2.24) is 29.1 Å². The van der Waals surface area contributed by atoms with Gasteiger partial charge >= 0.3 is 0 Å². The van der Waals surface area contributed by atoms with E-state index in [9.17, 15) is 4.79 Å². The quantitative estimate of drug-likeness (QED) is 0.461. The molecule has 1 N–H and O–H groups in total. The molecule has 0 fully saturated rings. The number of aromatic nitrogens is 6. The van der Waals surface area contributed by atoms with Gasteiger partial charge in [0.15, 0.2) is 5.65 Å². The number of aryl methyl sites for hydroxylation is 1. The number of halogens is 1. The number of hydrogen-bond acceptors (Lipinski definition) is 9. The third kappa shape index (κ3) is 4.08. The Hall–Kier alpha value is -3.15. The highest BCUT2D eigenvalue weighted by Gasteiger charge is 2.24. The third-order valence-electron chi connectivity index (χ3n) is 4.03. The molecule has 0 bridgehead atoms. The van der Waals surface area contributed by atoms with E-state index in [0.29, 0.717) is 32.7 Å². The number of rotatable bonds is 7. The Balaban J connectivity index is 1.63. The smallest absolute Gasteiger partial charge is 0.269 e. The minimum absolute atomic E-state index is 0.00770. The molecule has 1 unspecified atom stereocenters. The van der Waals surface area contributed by atoms with E-state index in [4.69, 9.17) is 21.1 Å². The van der Waals surface area contributed by atoms with Crippen LogP contribution in [-0.2, 0) is 9.53 Å². The fourth-order valence-corrected chi connectivity index (χ4v) is 3.49. The molecule has 4 rings (SSSR count). The molecule has 0 saturated heterocycles. The average molecular weight is 446 g/mol. The predicted octanol–water partition coefficient (Wildman–Crippen LogP) is 2.66. The van der Waals surface area contributed by atoms with Gasteiger partial charge < -0.3 is 9.47 Å². The Morgan fingerprint density at radius 1 is 1.33 bits per heavy atom. The van der Waals surface area contributed by atoms with Gasteiger partial charge in [-0.3, -0.25) is 10.1 Å². The highest BCUT2D eigenvalue weighted by Crippen LogP contribution is 2.27. The molecule has 1 aromatic carbocycles. The molecule has 30 heavy (non-hydrogen) atoms. The summed E-state index contributed by atoms with van der Waals surface area (Å²) in [4.78, 5) is 25.2. The van der Waals surface area contributed by atoms with Crippen LogP contribution in [0.4, 0.5) is 5.13 Å². The van der Waals surface area contributed by atoms with Gasteiger partial charge in [0.1, 0.15) is 17.5 Å². The van der Waals surface area contributed by atoms with Crippen LogP contribution in [-0.4, -0.2) is 54.8 Å². The Labute approximate surface area is 180 Å². The zero-order chi connectivity index (χ0) is 21.1. The van der Waals surface area contributed by atoms with E-state index in [1.54, 1.807) is 23.9 Å². The number of ether oxygens (including phenoxy) is 2. The summed E-state index contributed by atoms with van der Waals surface area (Å²) in [5.41, 5.74) is 1.15. The van der Waals surface area contributed by atoms with Crippen molar-refractivity contribution in [3.63, 3.8) is 0 Å². The lowest BCUT2D eigenvalue weighted by molar-refractivity contribution is -0.125. The van der Waals surface area contributed by atoms with Crippen LogP contribution in [0.5, 0.6) is 5.88 Å². The molecular weight excluding hydrogens is 430 g/mol. The number of carbonyl (C=O) groups excluding carboxylic acids is 1. The number of carbonyl (C=O) groups is 1. The first-order valence-electron chi connectivity index (χ1n) is 8.77. The fraction of sp³-hybridized carbons (Fsp3) is 0.222. The lowest BCUT2D eigenvalue weighted by Gasteiger charge is -2.16. The lowest BCUT2D eigenvalue weighted by Crippen LogP contribution is -2.37. The average Bonchev–Trinajstić information content (AvgIpc) is 3.34. The van der Waals surface area contributed by atoms with Crippen molar-refractivity contribution in [2.75, 3.05) is 19.0 Å². The van der Waals surface area contributed by atoms with Crippen molar-refractivity contribution in [3.05, 3.63) is 47.6 Å². The molecule has 1 atom stereocenters. The number of para-hydroxylation sites is 1. The Bertz CT molecular complexity index is 1200. The van der Waals surface area contributed by atoms with E-state index < -0.39 is 12.0 Å². The van der Waals surface area contributed by atoms with Crippen molar-refractivity contribution >= 4 is 45.2 Å². The maximum atomic E-state index is 12.7. The topological polar surface area (TPSA) is 117 Å². The van der Waals surface area contributed by atoms with Crippen LogP contribution >= 0.6 is 23.1 Å². The first-order chi connectivity index (χ1) is 14.6. The first-order valence-corrected chi connectivity index (χ1v) is 9.92. The van der Waals surface area contributed by atoms with Crippen LogP contribution in [0.1, 0.15) is 5.82 Å². The van der Waals surface area contributed by atoms with Crippen LogP contribution in [0.25, 0.3) is 16.7 Å². The normalized spacial score (nSPS) is 12.1. The summed E-state index contributed by atoms with van der Waals surface area (Å²) in [6.45, 7) is 1.75. The first kappa shape index (κ1) is 20.1. The number of methoxy groups -OCH3 is 1. The number of nitrogens with one attached hydrogen (secondary N) is 1. The van der Waals surface area contributed by atoms with E-state index in [1.165, 1.54) is 13.4 Å². The van der Waals surface area contributed by atoms with Gasteiger partial charge in [0.05, 0.1) is 23.5 Å². The van der Waals surface area contributed by atoms with E-state index in [0.717, 1.165) is 11.5 Å². The Kier molecular flexibility index (Phi) is 5.84. The molecule has 0 saturated carbocycles. The van der Waals surface area contributed by atoms with Crippen LogP contribution in [0.2, 0.25) is 5.02 Å². The number of fused-ring (bicyclic) bond motifs is 1. The second-order valence-electron chi connectivity index (χ2n) is 6.12. The maximum absolute atomic E-state index is 12.7. The molecule has 3 aromatic heterocycles. The van der Waals surface area contributed by atoms with Crippen molar-refractivity contribution in [2.45, 2.75) is 13.0 Å². The number of hydrogen-bond donors (Lipinski definition) is 1. The SMILES string of the molecule is COCC(Oc1ncnc2c1cnn2-c1ccccc1Cl)C(=O)Nc1nc(C)ns1. The lowest BCUT2D eigenvalue weighted by atomic mass is 10.3. The van der Waals surface area contributed by atoms with Gasteiger partial charge in [0, 0.05) is 18.6 Å². The zero-order valence-corrected chi connectivity index (χ0v) is 17.5. The van der Waals surface area contributed by atoms with Gasteiger partial charge in [-0.25, -0.2) is 19.6 Å². The summed E-state index contributed by atoms with van der Waals surface area (Å²) in [5.74, 6) is 0.339. The van der Waals surface area contributed by atoms with E-state index in [-0.39, 0.29) is 12.5 Å². The summed E-state index contributed by atoms with van der Waals surface area (Å²) in [6, 6.07) is 7.26. The second-order valence-corrected chi connectivity index (χ2v) is 7.28. The van der Waals surface area contributed by atoms with Crippen molar-refractivity contribution < 1.29 is 14.3 Å². The van der Waals surface area contributed by atoms with Crippen LogP contribution < -0.4 is 10.1 Å². The molecule has 0 aliphatic heterocycles. The second kappa shape index (κ2) is 8.69. The van der Waals surface area contributed by atoms with Crippen LogP contribution in [0, 0.1) is 6.92 Å². The molecule has 0 radical (unpaired) electrons. The molecule has 10 nitrogen and oxygen atoms in total. The van der Waals surface area contributed by atoms with E-state index in [2.05, 4.69) is 29.7 Å². The van der Waals surface area contributed by atoms with Gasteiger partial charge in [0.25, 0.3) is 5.91 Å². The van der Waals surface area contributed by atoms with Gasteiger partial charge in [-0.1, -0.05) is 23.7 Å². The van der Waals surface area contributed by atoms with Gasteiger partial charge in [-0.15, -0.1) is 0 Å². The highest BCUT2D eigenvalue weighted by molar-refractivity contribution is 7.09. The van der Waals surface area contributed by atoms with Crippen molar-refractivity contribution in [2.24, 2.45) is 0 Å². The van der Waals surface area contributed by atoms with Crippen LogP contribution in [0.3, 0.4) is 0 Å². The van der Waals surface area contributed by atoms with E-state index in [1.807, 2.05) is 18.2 Å². The molecule has 12 heteroatoms. The minimum atomic E-state index is -0.971. The zero-order valence-electron chi connectivity index (χ0n) is 15.9. The Morgan fingerprint density at radius 3 is 2.90 bits per heavy atom. The molecule has 154 valence electrons. The van der Waals surface area contributed by atoms with Crippen LogP contribution in [0.15, 0.2) is 36.8 Å². The summed E-state index contributed by atoms with van der Waals surface area (Å²) in [5, 5.41) is 8.45. The predicted molar refractivity (Wildman–Crippen MR) is 111 cm³/mol. The van der Waals surface area contributed by atoms with Gasteiger partial charge in [-0.2, -0.15) is 9.47 Å². The molecule has 0 aliphatic carbocycles. The molecule has 0 aliphatic rings. The van der Waals surface area contributed by atoms with Gasteiger partial charge in [-0.05, 0) is 19.1 Å². The maximum Gasteiger partial charge on any atom is 0.269 e. The number of benzene rings is 1. The molecule has 1 amide bonds. The monoisotopic (exact) mass is 445 g/mol. The number of anilines is 1. The summed E-state index contributed by atoms with van der Waals surface area (Å²) >= 11 is 7.37. The third-order valence-corrected chi connectivity index (χ3v) is 5.07. The molecule has 0 spiro atoms. The van der Waals surface area contributed by atoms with E-state index >= 15 is 0 Å². The number of amides is 1. The largest absolute Gasteiger partial charge is 0.461 e. The fourth-order valence-electron chi connectivity index (χ4n) is 2.70. The summed E-state index contributed by atoms with van der Waals surface area (Å²) in [6.07, 6.45) is 1.92. The molecular formula is C18H16ClN7O3S. The van der Waals surface area contributed by atoms with Crippen molar-refractivity contribution in [1.29, 1.82) is 0 Å². The molecule has 3 heterocycles. The Morgan fingerprint density at radius 2 is 2.17 bits per heavy atom. The highest BCUT2D eigenvalue weighted by atomic mass is 35.5. The van der Waals surface area contributed by atoms with Crippen molar-refractivity contribution in [3.8, 4) is 11.6 Å². The standard InChI is InChI=1S/C18H16ClN7O3S/c1-10-23-18(30-25-10)24-16(27)14(8-28-2)29-17-11-7-22-26(15(11)20-9-21-17)13-6-4-3-5-12(13)19/h3-7,9,14H,8H2,1-2H3,(H,23,24,25,27). The van der Waals surface area contributed by atoms with Gasteiger partial charge in [0.2, 0.25) is 17.1 Å². The minimum Gasteiger partial charge on any atom is -0.461 e.